The van der Waals surface area contributed by atoms with Crippen molar-refractivity contribution >= 4 is 5.96 Å². The van der Waals surface area contributed by atoms with Crippen molar-refractivity contribution in [1.82, 2.24) is 15.5 Å². The molecule has 0 aromatic carbocycles. The molecule has 5 nitrogen and oxygen atoms in total. The molecule has 2 saturated carbocycles. The smallest absolute Gasteiger partial charge is 0.191 e. The van der Waals surface area contributed by atoms with Crippen molar-refractivity contribution in [3.8, 4) is 0 Å². The number of piperidine rings is 2. The molecule has 27 heavy (non-hydrogen) atoms. The summed E-state index contributed by atoms with van der Waals surface area (Å²) in [5, 5.41) is 7.79. The lowest BCUT2D eigenvalue weighted by Crippen LogP contribution is -2.70. The summed E-state index contributed by atoms with van der Waals surface area (Å²) in [6, 6.07) is 2.66. The van der Waals surface area contributed by atoms with Crippen molar-refractivity contribution in [3.05, 3.63) is 0 Å². The number of rotatable bonds is 3. The summed E-state index contributed by atoms with van der Waals surface area (Å²) in [5.41, 5.74) is 0.390. The molecule has 2 aliphatic carbocycles. The van der Waals surface area contributed by atoms with Gasteiger partial charge in [0, 0.05) is 48.7 Å². The van der Waals surface area contributed by atoms with Gasteiger partial charge in [0.05, 0.1) is 6.10 Å². The lowest BCUT2D eigenvalue weighted by Gasteiger charge is -2.57. The van der Waals surface area contributed by atoms with E-state index in [1.165, 1.54) is 64.2 Å². The maximum atomic E-state index is 6.17. The maximum Gasteiger partial charge on any atom is 0.191 e. The second kappa shape index (κ2) is 7.22. The van der Waals surface area contributed by atoms with E-state index < -0.39 is 0 Å². The van der Waals surface area contributed by atoms with Gasteiger partial charge in [0.1, 0.15) is 0 Å². The van der Waals surface area contributed by atoms with Crippen LogP contribution in [-0.4, -0.2) is 61.3 Å². The molecule has 0 aromatic rings. The molecule has 5 rings (SSSR count). The van der Waals surface area contributed by atoms with Crippen molar-refractivity contribution < 1.29 is 4.74 Å². The van der Waals surface area contributed by atoms with Crippen LogP contribution in [0.5, 0.6) is 0 Å². The van der Waals surface area contributed by atoms with Crippen LogP contribution in [0.1, 0.15) is 71.1 Å². The van der Waals surface area contributed by atoms with E-state index in [0.29, 0.717) is 29.5 Å². The van der Waals surface area contributed by atoms with Gasteiger partial charge in [-0.3, -0.25) is 4.99 Å². The number of hydrogen-bond acceptors (Lipinski definition) is 3. The second-order valence-corrected chi connectivity index (χ2v) is 9.85. The first-order valence-electron chi connectivity index (χ1n) is 11.6. The third-order valence-electron chi connectivity index (χ3n) is 8.58. The van der Waals surface area contributed by atoms with Gasteiger partial charge in [0.25, 0.3) is 0 Å². The molecular weight excluding hydrogens is 336 g/mol. The van der Waals surface area contributed by atoms with E-state index in [9.17, 15) is 0 Å². The molecule has 0 amide bonds. The van der Waals surface area contributed by atoms with Crippen LogP contribution in [0.25, 0.3) is 0 Å². The Bertz CT molecular complexity index is 559. The van der Waals surface area contributed by atoms with Gasteiger partial charge in [0.2, 0.25) is 0 Å². The minimum Gasteiger partial charge on any atom is -0.377 e. The Morgan fingerprint density at radius 1 is 1.07 bits per heavy atom. The first-order valence-corrected chi connectivity index (χ1v) is 11.6. The largest absolute Gasteiger partial charge is 0.377 e. The Kier molecular flexibility index (Phi) is 4.87. The van der Waals surface area contributed by atoms with Crippen molar-refractivity contribution in [2.45, 2.75) is 101 Å². The fraction of sp³-hybridized carbons (Fsp3) is 0.955. The normalized spacial score (nSPS) is 43.4. The van der Waals surface area contributed by atoms with E-state index in [-0.39, 0.29) is 0 Å². The Hall–Kier alpha value is -0.810. The third-order valence-corrected chi connectivity index (χ3v) is 8.58. The monoisotopic (exact) mass is 374 g/mol. The zero-order valence-corrected chi connectivity index (χ0v) is 17.3. The molecule has 2 bridgehead atoms. The number of fused-ring (bicyclic) bond motifs is 4. The van der Waals surface area contributed by atoms with Crippen molar-refractivity contribution in [2.24, 2.45) is 16.3 Å². The van der Waals surface area contributed by atoms with Crippen LogP contribution in [0.15, 0.2) is 4.99 Å². The summed E-state index contributed by atoms with van der Waals surface area (Å²) < 4.78 is 6.17. The van der Waals surface area contributed by atoms with Crippen LogP contribution in [0.4, 0.5) is 0 Å². The molecule has 0 radical (unpaired) electrons. The predicted molar refractivity (Wildman–Crippen MR) is 109 cm³/mol. The molecule has 5 aliphatic rings. The standard InChI is InChI=1S/C22H38N4O/c1-3-23-21(24-15-13-16-7-6-8-17(14-15)26(16)2)25-19-18-9-12-27-20(18)22(19)10-4-5-11-22/h15-20H,3-14H2,1-2H3,(H2,23,24,25). The molecule has 3 heterocycles. The summed E-state index contributed by atoms with van der Waals surface area (Å²) in [5.74, 6) is 1.77. The summed E-state index contributed by atoms with van der Waals surface area (Å²) in [6.07, 6.45) is 13.8. The quantitative estimate of drug-likeness (QED) is 0.589. The maximum absolute atomic E-state index is 6.17. The molecule has 3 aliphatic heterocycles. The van der Waals surface area contributed by atoms with Gasteiger partial charge < -0.3 is 20.3 Å². The third kappa shape index (κ3) is 3.00. The summed E-state index contributed by atoms with van der Waals surface area (Å²) in [7, 11) is 2.34. The van der Waals surface area contributed by atoms with Gasteiger partial charge in [-0.2, -0.15) is 0 Å². The van der Waals surface area contributed by atoms with Gasteiger partial charge in [-0.15, -0.1) is 0 Å². The van der Waals surface area contributed by atoms with Gasteiger partial charge in [-0.1, -0.05) is 19.3 Å². The molecule has 5 fully saturated rings. The van der Waals surface area contributed by atoms with Crippen molar-refractivity contribution in [3.63, 3.8) is 0 Å². The van der Waals surface area contributed by atoms with Gasteiger partial charge >= 0.3 is 0 Å². The summed E-state index contributed by atoms with van der Waals surface area (Å²) in [6.45, 7) is 3.96. The molecule has 3 saturated heterocycles. The number of ether oxygens (including phenoxy) is 1. The lowest BCUT2D eigenvalue weighted by molar-refractivity contribution is -0.125. The number of hydrogen-bond donors (Lipinski definition) is 2. The fourth-order valence-electron chi connectivity index (χ4n) is 7.27. The zero-order valence-electron chi connectivity index (χ0n) is 17.3. The van der Waals surface area contributed by atoms with E-state index in [4.69, 9.17) is 9.73 Å². The molecule has 5 atom stereocenters. The minimum absolute atomic E-state index is 0.390. The van der Waals surface area contributed by atoms with Gasteiger partial charge in [0.15, 0.2) is 5.96 Å². The summed E-state index contributed by atoms with van der Waals surface area (Å²) >= 11 is 0. The van der Waals surface area contributed by atoms with E-state index in [1.54, 1.807) is 0 Å². The number of aliphatic imine (C=N–C) groups is 1. The minimum atomic E-state index is 0.390. The van der Waals surface area contributed by atoms with E-state index in [2.05, 4.69) is 29.5 Å². The van der Waals surface area contributed by atoms with Gasteiger partial charge in [-0.05, 0) is 58.9 Å². The van der Waals surface area contributed by atoms with Gasteiger partial charge in [-0.25, -0.2) is 0 Å². The van der Waals surface area contributed by atoms with Crippen LogP contribution >= 0.6 is 0 Å². The van der Waals surface area contributed by atoms with Crippen LogP contribution in [0, 0.1) is 11.3 Å². The Morgan fingerprint density at radius 2 is 1.81 bits per heavy atom. The number of nitrogens with zero attached hydrogens (tertiary/aromatic N) is 2. The van der Waals surface area contributed by atoms with Crippen molar-refractivity contribution in [1.29, 1.82) is 0 Å². The molecule has 0 aromatic heterocycles. The van der Waals surface area contributed by atoms with Crippen LogP contribution in [0.3, 0.4) is 0 Å². The highest BCUT2D eigenvalue weighted by atomic mass is 16.5. The average Bonchev–Trinajstić information content (AvgIpc) is 3.29. The van der Waals surface area contributed by atoms with Crippen LogP contribution in [0.2, 0.25) is 0 Å². The highest BCUT2D eigenvalue weighted by Gasteiger charge is 2.65. The second-order valence-electron chi connectivity index (χ2n) is 9.85. The van der Waals surface area contributed by atoms with E-state index in [0.717, 1.165) is 31.2 Å². The molecule has 5 unspecified atom stereocenters. The first-order chi connectivity index (χ1) is 13.2. The van der Waals surface area contributed by atoms with Crippen LogP contribution < -0.4 is 10.6 Å². The SMILES string of the molecule is CCN=C(NC1CC2CCCC(C1)N2C)NC1C2CCOC2C12CCCC2. The Morgan fingerprint density at radius 3 is 2.52 bits per heavy atom. The average molecular weight is 375 g/mol. The molecule has 2 N–H and O–H groups in total. The summed E-state index contributed by atoms with van der Waals surface area (Å²) in [4.78, 5) is 7.51. The highest BCUT2D eigenvalue weighted by molar-refractivity contribution is 5.80. The Balaban J connectivity index is 1.27. The molecular formula is C22H38N4O. The van der Waals surface area contributed by atoms with E-state index >= 15 is 0 Å². The predicted octanol–water partition coefficient (Wildman–Crippen LogP) is 2.90. The lowest BCUT2D eigenvalue weighted by atomic mass is 9.54. The Labute approximate surface area is 164 Å². The molecule has 5 heteroatoms. The topological polar surface area (TPSA) is 48.9 Å². The van der Waals surface area contributed by atoms with Crippen LogP contribution in [-0.2, 0) is 4.74 Å². The molecule has 1 spiro atoms. The molecule has 152 valence electrons. The van der Waals surface area contributed by atoms with Crippen molar-refractivity contribution in [2.75, 3.05) is 20.2 Å². The number of guanidine groups is 1. The van der Waals surface area contributed by atoms with E-state index in [1.807, 2.05) is 0 Å². The highest BCUT2D eigenvalue weighted by Crippen LogP contribution is 2.60. The fourth-order valence-corrected chi connectivity index (χ4v) is 7.27. The first kappa shape index (κ1) is 18.2. The zero-order chi connectivity index (χ0) is 18.4. The number of nitrogens with one attached hydrogen (secondary N) is 2.